The number of carbonyl (C=O) groups excluding carboxylic acids is 1. The number of benzene rings is 1. The fraction of sp³-hybridized carbons (Fsp3) is 0.267. The Kier molecular flexibility index (Phi) is 5.63. The molecule has 21 heavy (non-hydrogen) atoms. The average Bonchev–Trinajstić information content (AvgIpc) is 2.95. The van der Waals surface area contributed by atoms with Gasteiger partial charge in [0.15, 0.2) is 6.04 Å². The second-order valence-electron chi connectivity index (χ2n) is 4.35. The van der Waals surface area contributed by atoms with Crippen molar-refractivity contribution in [1.29, 1.82) is 0 Å². The summed E-state index contributed by atoms with van der Waals surface area (Å²) in [5, 5.41) is 12.2. The normalized spacial score (nSPS) is 12.0. The molecule has 112 valence electrons. The lowest BCUT2D eigenvalue weighted by atomic mass is 10.2. The predicted octanol–water partition coefficient (Wildman–Crippen LogP) is 3.09. The molecule has 0 amide bonds. The minimum Gasteiger partial charge on any atom is -0.466 e. The first-order valence-corrected chi connectivity index (χ1v) is 7.58. The molecule has 6 heteroatoms. The maximum absolute atomic E-state index is 12.1. The summed E-state index contributed by atoms with van der Waals surface area (Å²) in [5.74, 6) is -0.00839. The largest absolute Gasteiger partial charge is 0.466 e. The summed E-state index contributed by atoms with van der Waals surface area (Å²) >= 11 is 2.21. The van der Waals surface area contributed by atoms with Crippen LogP contribution in [0.4, 0.5) is 5.69 Å². The van der Waals surface area contributed by atoms with E-state index in [4.69, 9.17) is 14.3 Å². The van der Waals surface area contributed by atoms with Crippen LogP contribution in [0.15, 0.2) is 41.0 Å². The van der Waals surface area contributed by atoms with Crippen LogP contribution in [-0.2, 0) is 16.1 Å². The van der Waals surface area contributed by atoms with Crippen molar-refractivity contribution in [2.24, 2.45) is 0 Å². The first-order valence-electron chi connectivity index (χ1n) is 6.51. The number of rotatable bonds is 6. The number of furan rings is 1. The van der Waals surface area contributed by atoms with E-state index in [9.17, 15) is 4.79 Å². The van der Waals surface area contributed by atoms with Gasteiger partial charge in [0.05, 0.1) is 19.5 Å². The van der Waals surface area contributed by atoms with Crippen LogP contribution < -0.4 is 5.32 Å². The molecule has 0 saturated heterocycles. The number of esters is 1. The van der Waals surface area contributed by atoms with E-state index in [1.165, 1.54) is 6.26 Å². The van der Waals surface area contributed by atoms with E-state index >= 15 is 0 Å². The molecule has 0 aliphatic carbocycles. The van der Waals surface area contributed by atoms with Crippen LogP contribution in [-0.4, -0.2) is 17.7 Å². The highest BCUT2D eigenvalue weighted by molar-refractivity contribution is 14.1. The summed E-state index contributed by atoms with van der Waals surface area (Å²) in [7, 11) is 0. The van der Waals surface area contributed by atoms with Crippen LogP contribution in [0.25, 0.3) is 0 Å². The van der Waals surface area contributed by atoms with Gasteiger partial charge in [0.1, 0.15) is 5.76 Å². The topological polar surface area (TPSA) is 71.7 Å². The molecule has 0 saturated carbocycles. The molecular weight excluding hydrogens is 385 g/mol. The van der Waals surface area contributed by atoms with E-state index in [1.54, 1.807) is 13.0 Å². The Morgan fingerprint density at radius 1 is 1.43 bits per heavy atom. The Balaban J connectivity index is 2.23. The molecule has 1 aromatic heterocycles. The summed E-state index contributed by atoms with van der Waals surface area (Å²) < 4.78 is 11.5. The first-order chi connectivity index (χ1) is 10.1. The number of nitrogens with one attached hydrogen (secondary N) is 1. The van der Waals surface area contributed by atoms with Crippen molar-refractivity contribution >= 4 is 34.2 Å². The van der Waals surface area contributed by atoms with Crippen molar-refractivity contribution in [2.75, 3.05) is 11.9 Å². The van der Waals surface area contributed by atoms with Gasteiger partial charge < -0.3 is 19.6 Å². The Morgan fingerprint density at radius 3 is 2.71 bits per heavy atom. The van der Waals surface area contributed by atoms with Crippen LogP contribution >= 0.6 is 22.6 Å². The first kappa shape index (κ1) is 15.8. The SMILES string of the molecule is CCOC(=O)C(Nc1ccc(I)cc1)c1cc(CO)co1. The summed E-state index contributed by atoms with van der Waals surface area (Å²) in [6.45, 7) is 1.90. The molecule has 2 rings (SSSR count). The van der Waals surface area contributed by atoms with E-state index in [2.05, 4.69) is 27.9 Å². The number of hydrogen-bond acceptors (Lipinski definition) is 5. The van der Waals surface area contributed by atoms with Gasteiger partial charge in [0.2, 0.25) is 0 Å². The molecule has 0 aliphatic heterocycles. The van der Waals surface area contributed by atoms with Crippen LogP contribution in [0, 0.1) is 3.57 Å². The van der Waals surface area contributed by atoms with Gasteiger partial charge in [-0.15, -0.1) is 0 Å². The molecular formula is C15H16INO4. The highest BCUT2D eigenvalue weighted by atomic mass is 127. The van der Waals surface area contributed by atoms with Gasteiger partial charge in [0.25, 0.3) is 0 Å². The molecule has 0 spiro atoms. The Morgan fingerprint density at radius 2 is 2.14 bits per heavy atom. The quantitative estimate of drug-likeness (QED) is 0.575. The van der Waals surface area contributed by atoms with E-state index in [0.717, 1.165) is 9.26 Å². The molecule has 1 heterocycles. The number of aliphatic hydroxyl groups excluding tert-OH is 1. The van der Waals surface area contributed by atoms with Gasteiger partial charge in [-0.05, 0) is 59.8 Å². The van der Waals surface area contributed by atoms with Crippen molar-refractivity contribution in [1.82, 2.24) is 0 Å². The summed E-state index contributed by atoms with van der Waals surface area (Å²) in [6, 6.07) is 8.53. The lowest BCUT2D eigenvalue weighted by molar-refractivity contribution is -0.144. The summed E-state index contributed by atoms with van der Waals surface area (Å²) in [5.41, 5.74) is 1.40. The zero-order chi connectivity index (χ0) is 15.2. The molecule has 0 radical (unpaired) electrons. The second kappa shape index (κ2) is 7.46. The number of anilines is 1. The minimum absolute atomic E-state index is 0.136. The van der Waals surface area contributed by atoms with Crippen molar-refractivity contribution < 1.29 is 19.1 Å². The lowest BCUT2D eigenvalue weighted by Gasteiger charge is -2.16. The molecule has 0 bridgehead atoms. The van der Waals surface area contributed by atoms with Crippen molar-refractivity contribution in [3.05, 3.63) is 51.5 Å². The van der Waals surface area contributed by atoms with Gasteiger partial charge in [-0.1, -0.05) is 0 Å². The number of carbonyl (C=O) groups is 1. The van der Waals surface area contributed by atoms with Crippen molar-refractivity contribution in [2.45, 2.75) is 19.6 Å². The summed E-state index contributed by atoms with van der Waals surface area (Å²) in [4.78, 5) is 12.1. The minimum atomic E-state index is -0.745. The van der Waals surface area contributed by atoms with Gasteiger partial charge >= 0.3 is 5.97 Å². The van der Waals surface area contributed by atoms with Crippen molar-refractivity contribution in [3.63, 3.8) is 0 Å². The van der Waals surface area contributed by atoms with Crippen LogP contribution in [0.5, 0.6) is 0 Å². The maximum atomic E-state index is 12.1. The molecule has 2 aromatic rings. The summed E-state index contributed by atoms with van der Waals surface area (Å²) in [6.07, 6.45) is 1.43. The third-order valence-electron chi connectivity index (χ3n) is 2.82. The third kappa shape index (κ3) is 4.21. The molecule has 5 nitrogen and oxygen atoms in total. The number of ether oxygens (including phenoxy) is 1. The molecule has 1 aromatic carbocycles. The van der Waals surface area contributed by atoms with Gasteiger partial charge in [-0.2, -0.15) is 0 Å². The molecule has 0 aliphatic rings. The van der Waals surface area contributed by atoms with E-state index in [1.807, 2.05) is 24.3 Å². The van der Waals surface area contributed by atoms with E-state index < -0.39 is 12.0 Å². The highest BCUT2D eigenvalue weighted by Gasteiger charge is 2.25. The fourth-order valence-electron chi connectivity index (χ4n) is 1.81. The Hall–Kier alpha value is -1.54. The molecule has 0 fully saturated rings. The predicted molar refractivity (Wildman–Crippen MR) is 86.8 cm³/mol. The fourth-order valence-corrected chi connectivity index (χ4v) is 2.17. The van der Waals surface area contributed by atoms with E-state index in [-0.39, 0.29) is 13.2 Å². The second-order valence-corrected chi connectivity index (χ2v) is 5.60. The highest BCUT2D eigenvalue weighted by Crippen LogP contribution is 2.24. The van der Waals surface area contributed by atoms with Crippen molar-refractivity contribution in [3.8, 4) is 0 Å². The number of hydrogen-bond donors (Lipinski definition) is 2. The van der Waals surface area contributed by atoms with Gasteiger partial charge in [-0.25, -0.2) is 4.79 Å². The Bertz CT molecular complexity index is 594. The molecule has 1 unspecified atom stereocenters. The number of halogens is 1. The Labute approximate surface area is 136 Å². The van der Waals surface area contributed by atoms with Gasteiger partial charge in [-0.3, -0.25) is 0 Å². The van der Waals surface area contributed by atoms with Crippen LogP contribution in [0.1, 0.15) is 24.3 Å². The van der Waals surface area contributed by atoms with Crippen LogP contribution in [0.3, 0.4) is 0 Å². The molecule has 2 N–H and O–H groups in total. The zero-order valence-electron chi connectivity index (χ0n) is 11.5. The maximum Gasteiger partial charge on any atom is 0.336 e. The van der Waals surface area contributed by atoms with E-state index in [0.29, 0.717) is 11.3 Å². The average molecular weight is 401 g/mol. The van der Waals surface area contributed by atoms with Gasteiger partial charge in [0, 0.05) is 14.8 Å². The monoisotopic (exact) mass is 401 g/mol. The number of aliphatic hydroxyl groups is 1. The smallest absolute Gasteiger partial charge is 0.336 e. The van der Waals surface area contributed by atoms with Crippen LogP contribution in [0.2, 0.25) is 0 Å². The zero-order valence-corrected chi connectivity index (χ0v) is 13.7. The standard InChI is InChI=1S/C15H16INO4/c1-2-20-15(19)14(13-7-10(8-18)9-21-13)17-12-5-3-11(16)4-6-12/h3-7,9,14,17-18H,2,8H2,1H3. The molecule has 1 atom stereocenters. The third-order valence-corrected chi connectivity index (χ3v) is 3.54. The lowest BCUT2D eigenvalue weighted by Crippen LogP contribution is -2.23.